The summed E-state index contributed by atoms with van der Waals surface area (Å²) in [6, 6.07) is 0.0889. The number of urea groups is 1. The van der Waals surface area contributed by atoms with Crippen molar-refractivity contribution in [3.63, 3.8) is 0 Å². The van der Waals surface area contributed by atoms with E-state index < -0.39 is 0 Å². The fraction of sp³-hybridized carbons (Fsp3) is 0.737. The number of hydrogen-bond donors (Lipinski definition) is 2. The molecular formula is C19H28N4O3S. The van der Waals surface area contributed by atoms with Crippen LogP contribution in [0.1, 0.15) is 38.8 Å². The molecule has 8 heteroatoms. The van der Waals surface area contributed by atoms with E-state index in [0.717, 1.165) is 31.6 Å². The van der Waals surface area contributed by atoms with Gasteiger partial charge in [-0.15, -0.1) is 11.3 Å². The number of piperidine rings is 1. The van der Waals surface area contributed by atoms with Gasteiger partial charge < -0.3 is 20.3 Å². The van der Waals surface area contributed by atoms with E-state index in [1.807, 2.05) is 12.3 Å². The van der Waals surface area contributed by atoms with Crippen molar-refractivity contribution in [1.29, 1.82) is 0 Å². The molecule has 2 N–H and O–H groups in total. The second-order valence-electron chi connectivity index (χ2n) is 8.56. The fourth-order valence-electron chi connectivity index (χ4n) is 4.84. The van der Waals surface area contributed by atoms with E-state index in [4.69, 9.17) is 4.74 Å². The van der Waals surface area contributed by atoms with Crippen molar-refractivity contribution in [2.75, 3.05) is 25.0 Å². The van der Waals surface area contributed by atoms with E-state index in [0.29, 0.717) is 24.1 Å². The van der Waals surface area contributed by atoms with E-state index >= 15 is 0 Å². The molecule has 7 nitrogen and oxygen atoms in total. The Morgan fingerprint density at radius 1 is 1.37 bits per heavy atom. The molecule has 0 aromatic carbocycles. The van der Waals surface area contributed by atoms with Crippen LogP contribution >= 0.6 is 11.3 Å². The molecular weight excluding hydrogens is 364 g/mol. The number of carbonyl (C=O) groups is 2. The highest BCUT2D eigenvalue weighted by Crippen LogP contribution is 2.52. The minimum atomic E-state index is -0.189. The van der Waals surface area contributed by atoms with Gasteiger partial charge in [0.1, 0.15) is 0 Å². The summed E-state index contributed by atoms with van der Waals surface area (Å²) >= 11 is 1.43. The van der Waals surface area contributed by atoms with Gasteiger partial charge in [-0.1, -0.05) is 13.8 Å². The maximum absolute atomic E-state index is 12.8. The van der Waals surface area contributed by atoms with E-state index in [1.54, 1.807) is 4.90 Å². The minimum Gasteiger partial charge on any atom is -0.377 e. The Morgan fingerprint density at radius 2 is 2.19 bits per heavy atom. The second-order valence-corrected chi connectivity index (χ2v) is 9.42. The number of anilines is 1. The van der Waals surface area contributed by atoms with Crippen LogP contribution < -0.4 is 10.6 Å². The molecule has 3 fully saturated rings. The third kappa shape index (κ3) is 3.45. The number of likely N-dealkylation sites (tertiary alicyclic amines) is 1. The first kappa shape index (κ1) is 18.7. The van der Waals surface area contributed by atoms with Crippen molar-refractivity contribution >= 4 is 28.4 Å². The van der Waals surface area contributed by atoms with Gasteiger partial charge in [0.05, 0.1) is 17.7 Å². The molecule has 0 radical (unpaired) electrons. The van der Waals surface area contributed by atoms with Crippen LogP contribution in [0.5, 0.6) is 0 Å². The Morgan fingerprint density at radius 3 is 2.93 bits per heavy atom. The molecule has 0 spiro atoms. The summed E-state index contributed by atoms with van der Waals surface area (Å²) in [5.74, 6) is 0.182. The zero-order valence-corrected chi connectivity index (χ0v) is 17.0. The lowest BCUT2D eigenvalue weighted by atomic mass is 9.57. The van der Waals surface area contributed by atoms with E-state index in [-0.39, 0.29) is 35.4 Å². The highest BCUT2D eigenvalue weighted by Gasteiger charge is 2.60. The predicted molar refractivity (Wildman–Crippen MR) is 104 cm³/mol. The summed E-state index contributed by atoms with van der Waals surface area (Å²) in [5.41, 5.74) is 0.865. The van der Waals surface area contributed by atoms with Gasteiger partial charge in [0.2, 0.25) is 5.91 Å². The first-order valence-electron chi connectivity index (χ1n) is 9.76. The summed E-state index contributed by atoms with van der Waals surface area (Å²) in [6.45, 7) is 8.16. The Hall–Kier alpha value is -1.67. The average molecular weight is 393 g/mol. The fourth-order valence-corrected chi connectivity index (χ4v) is 5.53. The molecule has 3 amide bonds. The molecule has 148 valence electrons. The number of fused-ring (bicyclic) bond motifs is 1. The highest BCUT2D eigenvalue weighted by molar-refractivity contribution is 7.13. The first-order chi connectivity index (χ1) is 12.9. The third-order valence-corrected chi connectivity index (χ3v) is 7.18. The number of hydrogen-bond acceptors (Lipinski definition) is 5. The molecule has 27 heavy (non-hydrogen) atoms. The minimum absolute atomic E-state index is 0.0356. The highest BCUT2D eigenvalue weighted by atomic mass is 32.1. The lowest BCUT2D eigenvalue weighted by molar-refractivity contribution is -0.121. The lowest BCUT2D eigenvalue weighted by Gasteiger charge is -2.55. The number of nitrogens with one attached hydrogen (secondary N) is 2. The molecule has 1 aliphatic carbocycles. The summed E-state index contributed by atoms with van der Waals surface area (Å²) < 4.78 is 5.81. The number of rotatable bonds is 3. The molecule has 1 aromatic rings. The lowest BCUT2D eigenvalue weighted by Crippen LogP contribution is -2.68. The van der Waals surface area contributed by atoms with Crippen LogP contribution in [0.25, 0.3) is 0 Å². The van der Waals surface area contributed by atoms with Crippen LogP contribution in [0.3, 0.4) is 0 Å². The molecule has 1 saturated carbocycles. The molecule has 1 aromatic heterocycles. The van der Waals surface area contributed by atoms with Gasteiger partial charge in [0.25, 0.3) is 0 Å². The molecule has 0 bridgehead atoms. The van der Waals surface area contributed by atoms with Crippen molar-refractivity contribution in [3.05, 3.63) is 11.1 Å². The second kappa shape index (κ2) is 7.05. The van der Waals surface area contributed by atoms with Crippen molar-refractivity contribution in [2.24, 2.45) is 17.3 Å². The molecule has 4 atom stereocenters. The Labute approximate surface area is 163 Å². The van der Waals surface area contributed by atoms with E-state index in [1.165, 1.54) is 11.3 Å². The van der Waals surface area contributed by atoms with E-state index in [9.17, 15) is 9.59 Å². The number of thiazole rings is 1. The maximum Gasteiger partial charge on any atom is 0.317 e. The first-order valence-corrected chi connectivity index (χ1v) is 10.6. The third-order valence-electron chi connectivity index (χ3n) is 6.31. The van der Waals surface area contributed by atoms with Crippen molar-refractivity contribution in [3.8, 4) is 0 Å². The summed E-state index contributed by atoms with van der Waals surface area (Å²) in [5, 5.41) is 8.66. The topological polar surface area (TPSA) is 83.6 Å². The number of aryl methyl sites for hydroxylation is 1. The van der Waals surface area contributed by atoms with Crippen molar-refractivity contribution in [2.45, 2.75) is 52.2 Å². The monoisotopic (exact) mass is 392 g/mol. The normalized spacial score (nSPS) is 31.7. The average Bonchev–Trinajstić information content (AvgIpc) is 3.27. The quantitative estimate of drug-likeness (QED) is 0.828. The SMILES string of the molecule is Cc1csc(NC(=O)C2CCCN(C(=O)NC3C4CCOC4C3(C)C)C2)n1. The smallest absolute Gasteiger partial charge is 0.317 e. The van der Waals surface area contributed by atoms with Crippen LogP contribution in [-0.2, 0) is 9.53 Å². The van der Waals surface area contributed by atoms with Gasteiger partial charge in [-0.25, -0.2) is 9.78 Å². The number of aromatic nitrogens is 1. The molecule has 3 heterocycles. The zero-order valence-electron chi connectivity index (χ0n) is 16.2. The largest absolute Gasteiger partial charge is 0.377 e. The Bertz CT molecular complexity index is 734. The van der Waals surface area contributed by atoms with Gasteiger partial charge in [0.15, 0.2) is 5.13 Å². The summed E-state index contributed by atoms with van der Waals surface area (Å²) in [6.07, 6.45) is 2.90. The van der Waals surface area contributed by atoms with Crippen LogP contribution in [0.15, 0.2) is 5.38 Å². The molecule has 2 aliphatic heterocycles. The molecule has 4 unspecified atom stereocenters. The molecule has 2 saturated heterocycles. The van der Waals surface area contributed by atoms with Gasteiger partial charge in [-0.05, 0) is 26.2 Å². The van der Waals surface area contributed by atoms with Crippen LogP contribution in [0.4, 0.5) is 9.93 Å². The summed E-state index contributed by atoms with van der Waals surface area (Å²) in [7, 11) is 0. The predicted octanol–water partition coefficient (Wildman–Crippen LogP) is 2.63. The zero-order chi connectivity index (χ0) is 19.2. The number of carbonyl (C=O) groups excluding carboxylic acids is 2. The Balaban J connectivity index is 1.33. The van der Waals surface area contributed by atoms with Gasteiger partial charge in [0, 0.05) is 42.5 Å². The van der Waals surface area contributed by atoms with Crippen molar-refractivity contribution in [1.82, 2.24) is 15.2 Å². The van der Waals surface area contributed by atoms with Gasteiger partial charge >= 0.3 is 6.03 Å². The maximum atomic E-state index is 12.8. The number of ether oxygens (including phenoxy) is 1. The van der Waals surface area contributed by atoms with Crippen LogP contribution in [0.2, 0.25) is 0 Å². The van der Waals surface area contributed by atoms with Crippen molar-refractivity contribution < 1.29 is 14.3 Å². The molecule has 4 rings (SSSR count). The summed E-state index contributed by atoms with van der Waals surface area (Å²) in [4.78, 5) is 31.5. The molecule has 3 aliphatic rings. The van der Waals surface area contributed by atoms with Gasteiger partial charge in [-0.3, -0.25) is 4.79 Å². The van der Waals surface area contributed by atoms with Crippen LogP contribution in [0, 0.1) is 24.2 Å². The number of nitrogens with zero attached hydrogens (tertiary/aromatic N) is 2. The number of amides is 3. The van der Waals surface area contributed by atoms with E-state index in [2.05, 4.69) is 29.5 Å². The van der Waals surface area contributed by atoms with Crippen LogP contribution in [-0.4, -0.2) is 53.7 Å². The standard InChI is InChI=1S/C19H28N4O3S/c1-11-10-27-17(20-11)22-16(24)12-5-4-7-23(9-12)18(25)21-14-13-6-8-26-15(13)19(14,2)3/h10,12-15H,4-9H2,1-3H3,(H,21,25)(H,20,22,24). The van der Waals surface area contributed by atoms with Gasteiger partial charge in [-0.2, -0.15) is 0 Å². The Kier molecular flexibility index (Phi) is 4.88.